The molecule has 0 aromatic heterocycles. The van der Waals surface area contributed by atoms with Gasteiger partial charge in [-0.25, -0.2) is 0 Å². The zero-order valence-electron chi connectivity index (χ0n) is 10.4. The number of methoxy groups -OCH3 is 1. The molecule has 1 atom stereocenters. The van der Waals surface area contributed by atoms with Crippen LogP contribution in [0.1, 0.15) is 36.4 Å². The van der Waals surface area contributed by atoms with Crippen molar-refractivity contribution >= 4 is 0 Å². The van der Waals surface area contributed by atoms with Crippen molar-refractivity contribution in [3.8, 4) is 5.75 Å². The van der Waals surface area contributed by atoms with Crippen LogP contribution in [0, 0.1) is 0 Å². The van der Waals surface area contributed by atoms with Crippen molar-refractivity contribution in [2.45, 2.75) is 31.7 Å². The van der Waals surface area contributed by atoms with Gasteiger partial charge in [0.15, 0.2) is 0 Å². The molecule has 3 heteroatoms. The Balaban J connectivity index is 1.97. The van der Waals surface area contributed by atoms with E-state index in [1.807, 2.05) is 6.07 Å². The lowest BCUT2D eigenvalue weighted by atomic mass is 9.88. The Hall–Kier alpha value is -1.06. The number of ether oxygens (including phenoxy) is 2. The van der Waals surface area contributed by atoms with Crippen molar-refractivity contribution in [3.63, 3.8) is 0 Å². The first-order chi connectivity index (χ1) is 8.31. The molecule has 1 aromatic rings. The smallest absolute Gasteiger partial charge is 0.119 e. The topological polar surface area (TPSA) is 44.5 Å². The van der Waals surface area contributed by atoms with E-state index in [1.54, 1.807) is 7.11 Å². The third-order valence-corrected chi connectivity index (χ3v) is 3.24. The van der Waals surface area contributed by atoms with Crippen LogP contribution < -0.4 is 10.5 Å². The first-order valence-corrected chi connectivity index (χ1v) is 6.31. The normalized spacial score (nSPS) is 18.8. The highest BCUT2D eigenvalue weighted by atomic mass is 16.5. The Kier molecular flexibility index (Phi) is 4.40. The number of aryl methyl sites for hydroxylation is 1. The minimum Gasteiger partial charge on any atom is -0.493 e. The number of nitrogens with two attached hydrogens (primary N) is 1. The monoisotopic (exact) mass is 235 g/mol. The van der Waals surface area contributed by atoms with Crippen LogP contribution in [0.5, 0.6) is 5.75 Å². The predicted molar refractivity (Wildman–Crippen MR) is 68.3 cm³/mol. The van der Waals surface area contributed by atoms with Crippen molar-refractivity contribution in [2.75, 3.05) is 20.3 Å². The maximum Gasteiger partial charge on any atom is 0.119 e. The third-order valence-electron chi connectivity index (χ3n) is 3.24. The number of fused-ring (bicyclic) bond motifs is 1. The molecule has 0 saturated carbocycles. The Labute approximate surface area is 103 Å². The molecule has 17 heavy (non-hydrogen) atoms. The Bertz CT molecular complexity index is 365. The summed E-state index contributed by atoms with van der Waals surface area (Å²) in [5, 5.41) is 0. The molecule has 0 amide bonds. The van der Waals surface area contributed by atoms with E-state index in [9.17, 15) is 0 Å². The van der Waals surface area contributed by atoms with Gasteiger partial charge in [-0.2, -0.15) is 0 Å². The van der Waals surface area contributed by atoms with Gasteiger partial charge in [-0.3, -0.25) is 0 Å². The SMILES string of the molecule is COCCCOc1ccc2c(c1)C(N)CCC2. The Morgan fingerprint density at radius 2 is 2.24 bits per heavy atom. The summed E-state index contributed by atoms with van der Waals surface area (Å²) in [5.74, 6) is 0.928. The Morgan fingerprint density at radius 1 is 1.35 bits per heavy atom. The van der Waals surface area contributed by atoms with Gasteiger partial charge in [0.25, 0.3) is 0 Å². The maximum absolute atomic E-state index is 6.12. The fourth-order valence-corrected chi connectivity index (χ4v) is 2.30. The molecule has 0 heterocycles. The molecule has 0 aliphatic heterocycles. The molecule has 0 bridgehead atoms. The average molecular weight is 235 g/mol. The lowest BCUT2D eigenvalue weighted by Gasteiger charge is -2.22. The maximum atomic E-state index is 6.12. The van der Waals surface area contributed by atoms with Gasteiger partial charge >= 0.3 is 0 Å². The quantitative estimate of drug-likeness (QED) is 0.797. The molecule has 3 nitrogen and oxygen atoms in total. The largest absolute Gasteiger partial charge is 0.493 e. The fraction of sp³-hybridized carbons (Fsp3) is 0.571. The summed E-state index contributed by atoms with van der Waals surface area (Å²) in [7, 11) is 1.71. The van der Waals surface area contributed by atoms with Gasteiger partial charge in [-0.05, 0) is 42.5 Å². The molecule has 1 aromatic carbocycles. The summed E-state index contributed by atoms with van der Waals surface area (Å²) in [6.07, 6.45) is 4.34. The minimum atomic E-state index is 0.182. The number of benzene rings is 1. The van der Waals surface area contributed by atoms with Crippen LogP contribution in [0.3, 0.4) is 0 Å². The summed E-state index contributed by atoms with van der Waals surface area (Å²) in [4.78, 5) is 0. The van der Waals surface area contributed by atoms with Crippen LogP contribution in [-0.2, 0) is 11.2 Å². The predicted octanol–water partition coefficient (Wildman–Crippen LogP) is 2.44. The van der Waals surface area contributed by atoms with Crippen molar-refractivity contribution < 1.29 is 9.47 Å². The molecule has 2 rings (SSSR count). The fourth-order valence-electron chi connectivity index (χ4n) is 2.30. The first kappa shape index (κ1) is 12.4. The van der Waals surface area contributed by atoms with Gasteiger partial charge < -0.3 is 15.2 Å². The van der Waals surface area contributed by atoms with Gasteiger partial charge in [0.1, 0.15) is 5.75 Å². The second kappa shape index (κ2) is 6.03. The molecule has 1 aliphatic rings. The van der Waals surface area contributed by atoms with Crippen molar-refractivity contribution in [2.24, 2.45) is 5.73 Å². The molecular weight excluding hydrogens is 214 g/mol. The molecule has 2 N–H and O–H groups in total. The van der Waals surface area contributed by atoms with Crippen molar-refractivity contribution in [1.29, 1.82) is 0 Å². The van der Waals surface area contributed by atoms with E-state index in [-0.39, 0.29) is 6.04 Å². The second-order valence-corrected chi connectivity index (χ2v) is 4.55. The molecule has 1 aliphatic carbocycles. The van der Waals surface area contributed by atoms with Gasteiger partial charge in [0, 0.05) is 26.2 Å². The minimum absolute atomic E-state index is 0.182. The van der Waals surface area contributed by atoms with Gasteiger partial charge in [0.2, 0.25) is 0 Å². The van der Waals surface area contributed by atoms with E-state index in [2.05, 4.69) is 12.1 Å². The summed E-state index contributed by atoms with van der Waals surface area (Å²) in [5.41, 5.74) is 8.76. The van der Waals surface area contributed by atoms with Gasteiger partial charge in [-0.15, -0.1) is 0 Å². The van der Waals surface area contributed by atoms with Crippen molar-refractivity contribution in [3.05, 3.63) is 29.3 Å². The molecule has 0 radical (unpaired) electrons. The average Bonchev–Trinajstić information content (AvgIpc) is 2.36. The second-order valence-electron chi connectivity index (χ2n) is 4.55. The van der Waals surface area contributed by atoms with E-state index >= 15 is 0 Å². The molecular formula is C14H21NO2. The summed E-state index contributed by atoms with van der Waals surface area (Å²) in [6, 6.07) is 6.48. The molecule has 0 saturated heterocycles. The Morgan fingerprint density at radius 3 is 3.06 bits per heavy atom. The van der Waals surface area contributed by atoms with E-state index < -0.39 is 0 Å². The molecule has 0 fully saturated rings. The van der Waals surface area contributed by atoms with E-state index in [0.717, 1.165) is 31.6 Å². The highest BCUT2D eigenvalue weighted by Gasteiger charge is 2.17. The summed E-state index contributed by atoms with van der Waals surface area (Å²) in [6.45, 7) is 1.44. The summed E-state index contributed by atoms with van der Waals surface area (Å²) < 4.78 is 10.7. The standard InChI is InChI=1S/C14H21NO2/c1-16-8-3-9-17-12-7-6-11-4-2-5-14(15)13(11)10-12/h6-7,10,14H,2-5,8-9,15H2,1H3. The van der Waals surface area contributed by atoms with Crippen LogP contribution in [0.2, 0.25) is 0 Å². The van der Waals surface area contributed by atoms with E-state index in [4.69, 9.17) is 15.2 Å². The van der Waals surface area contributed by atoms with Crippen LogP contribution >= 0.6 is 0 Å². The van der Waals surface area contributed by atoms with Crippen LogP contribution in [-0.4, -0.2) is 20.3 Å². The zero-order valence-corrected chi connectivity index (χ0v) is 10.4. The van der Waals surface area contributed by atoms with Crippen molar-refractivity contribution in [1.82, 2.24) is 0 Å². The molecule has 1 unspecified atom stereocenters. The lowest BCUT2D eigenvalue weighted by Crippen LogP contribution is -2.17. The molecule has 0 spiro atoms. The highest BCUT2D eigenvalue weighted by Crippen LogP contribution is 2.30. The first-order valence-electron chi connectivity index (χ1n) is 6.31. The molecule has 94 valence electrons. The van der Waals surface area contributed by atoms with Crippen LogP contribution in [0.25, 0.3) is 0 Å². The number of hydrogen-bond donors (Lipinski definition) is 1. The van der Waals surface area contributed by atoms with E-state index in [1.165, 1.54) is 17.5 Å². The number of hydrogen-bond acceptors (Lipinski definition) is 3. The lowest BCUT2D eigenvalue weighted by molar-refractivity contribution is 0.172. The van der Waals surface area contributed by atoms with Crippen LogP contribution in [0.4, 0.5) is 0 Å². The highest BCUT2D eigenvalue weighted by molar-refractivity contribution is 5.39. The van der Waals surface area contributed by atoms with Gasteiger partial charge in [-0.1, -0.05) is 6.07 Å². The summed E-state index contributed by atoms with van der Waals surface area (Å²) >= 11 is 0. The van der Waals surface area contributed by atoms with Gasteiger partial charge in [0.05, 0.1) is 6.61 Å². The van der Waals surface area contributed by atoms with E-state index in [0.29, 0.717) is 6.61 Å². The third kappa shape index (κ3) is 3.20. The number of rotatable bonds is 5. The zero-order chi connectivity index (χ0) is 12.1. The van der Waals surface area contributed by atoms with Crippen LogP contribution in [0.15, 0.2) is 18.2 Å².